The lowest BCUT2D eigenvalue weighted by Gasteiger charge is -2.33. The number of hydrogen-bond acceptors (Lipinski definition) is 36. The molecule has 3 rings (SSSR count). The van der Waals surface area contributed by atoms with Crippen molar-refractivity contribution >= 4 is 112 Å². The van der Waals surface area contributed by atoms with Crippen LogP contribution in [-0.4, -0.2) is 359 Å². The molecule has 0 aliphatic carbocycles. The van der Waals surface area contributed by atoms with Gasteiger partial charge in [0.15, 0.2) is 11.2 Å². The Morgan fingerprint density at radius 2 is 0.824 bits per heavy atom. The number of carboxylic acids is 4. The maximum atomic E-state index is 14.3. The first kappa shape index (κ1) is 92.1. The van der Waals surface area contributed by atoms with Gasteiger partial charge in [0.1, 0.15) is 122 Å². The van der Waals surface area contributed by atoms with Gasteiger partial charge in [0, 0.05) is 29.5 Å². The van der Waals surface area contributed by atoms with E-state index in [2.05, 4.69) is 43.2 Å². The second-order valence-electron chi connectivity index (χ2n) is 23.8. The Morgan fingerprint density at radius 1 is 0.472 bits per heavy atom. The number of carbonyl (C=O) groups is 13. The molecule has 3 aromatic rings. The van der Waals surface area contributed by atoms with E-state index in [0.29, 0.717) is 11.4 Å². The molecule has 1 aromatic carbocycles. The lowest BCUT2D eigenvalue weighted by molar-refractivity contribution is -0.147. The number of rotatable bonds is 47. The number of aliphatic hydroxyl groups excluding tert-OH is 16. The third-order valence-corrected chi connectivity index (χ3v) is 15.9. The van der Waals surface area contributed by atoms with E-state index in [0.717, 1.165) is 0 Å². The zero-order valence-electron chi connectivity index (χ0n) is 56.3. The number of anilines is 2. The molecule has 21 atom stereocenters. The summed E-state index contributed by atoms with van der Waals surface area (Å²) in [5.74, 6) is -24.5. The molecule has 108 heavy (non-hydrogen) atoms. The predicted molar refractivity (Wildman–Crippen MR) is 356 cm³/mol. The molecule has 0 aliphatic heterocycles. The normalized spacial score (nSPS) is 17.3. The second-order valence-corrected chi connectivity index (χ2v) is 24.2. The Labute approximate surface area is 611 Å². The summed E-state index contributed by atoms with van der Waals surface area (Å²) in [6.45, 7) is -4.16. The van der Waals surface area contributed by atoms with E-state index in [1.165, 1.54) is 37.4 Å². The van der Waals surface area contributed by atoms with Crippen molar-refractivity contribution in [3.8, 4) is 0 Å². The van der Waals surface area contributed by atoms with E-state index < -0.39 is 268 Å². The molecule has 9 amide bonds. The quantitative estimate of drug-likeness (QED) is 0.0234. The fourth-order valence-electron chi connectivity index (χ4n) is 9.46. The van der Waals surface area contributed by atoms with E-state index in [4.69, 9.17) is 5.73 Å². The van der Waals surface area contributed by atoms with Crippen molar-refractivity contribution in [3.63, 3.8) is 0 Å². The molecule has 0 saturated heterocycles. The van der Waals surface area contributed by atoms with E-state index in [-0.39, 0.29) is 35.6 Å². The number of carboxylic acid groups (broad SMARTS) is 4. The van der Waals surface area contributed by atoms with Crippen molar-refractivity contribution in [1.82, 2.24) is 67.8 Å². The number of hydrogen-bond donors (Lipinski definition) is 33. The smallest absolute Gasteiger partial charge is 0.327 e. The third kappa shape index (κ3) is 27.6. The molecular weight excluding hydrogens is 1480 g/mol. The number of benzene rings is 1. The van der Waals surface area contributed by atoms with Crippen LogP contribution in [0.25, 0.3) is 11.2 Å². The third-order valence-electron chi connectivity index (χ3n) is 15.6. The largest absolute Gasteiger partial charge is 0.481 e. The van der Waals surface area contributed by atoms with Crippen LogP contribution < -0.4 is 64.5 Å². The maximum Gasteiger partial charge on any atom is 0.327 e. The number of nitrogens with one attached hydrogen (secondary N) is 11. The van der Waals surface area contributed by atoms with Crippen LogP contribution in [0.2, 0.25) is 0 Å². The van der Waals surface area contributed by atoms with Crippen molar-refractivity contribution in [2.45, 2.75) is 173 Å². The lowest BCUT2D eigenvalue weighted by atomic mass is 9.97. The number of nitrogens with zero attached hydrogens (tertiary/aromatic N) is 3. The molecule has 50 heteroatoms. The number of H-pyrrole nitrogens is 1. The minimum Gasteiger partial charge on any atom is -0.481 e. The van der Waals surface area contributed by atoms with Gasteiger partial charge in [-0.2, -0.15) is 17.6 Å². The molecule has 49 nitrogen and oxygen atoms in total. The molecular formula is C58H85N15O34S. The highest BCUT2D eigenvalue weighted by Crippen LogP contribution is 2.17. The predicted octanol–water partition coefficient (Wildman–Crippen LogP) is -16.6. The van der Waals surface area contributed by atoms with Crippen LogP contribution >= 0.6 is 12.6 Å². The molecule has 2 aromatic heterocycles. The van der Waals surface area contributed by atoms with Crippen molar-refractivity contribution in [2.24, 2.45) is 0 Å². The number of aliphatic carboxylic acids is 4. The van der Waals surface area contributed by atoms with E-state index >= 15 is 0 Å². The highest BCUT2D eigenvalue weighted by atomic mass is 32.1. The van der Waals surface area contributed by atoms with Crippen LogP contribution in [-0.2, 0) is 64.1 Å². The average molecular weight is 1570 g/mol. The van der Waals surface area contributed by atoms with Gasteiger partial charge in [0.05, 0.1) is 64.1 Å². The van der Waals surface area contributed by atoms with E-state index in [1.54, 1.807) is 37.2 Å². The second kappa shape index (κ2) is 43.6. The molecule has 0 bridgehead atoms. The summed E-state index contributed by atoms with van der Waals surface area (Å²) in [6.07, 6.45) is -36.6. The molecule has 0 radical (unpaired) electrons. The Bertz CT molecular complexity index is 3680. The first-order chi connectivity index (χ1) is 50.5. The number of carbonyl (C=O) groups excluding carboxylic acids is 9. The van der Waals surface area contributed by atoms with Crippen LogP contribution in [0, 0.1) is 0 Å². The highest BCUT2D eigenvalue weighted by Gasteiger charge is 2.46. The Hall–Kier alpha value is -10.1. The first-order valence-corrected chi connectivity index (χ1v) is 32.4. The first-order valence-electron chi connectivity index (χ1n) is 31.7. The standard InChI is InChI=1S/C58H85N15O34S/c1-18(62-48(97)19-3-5-20(6-4-19)60-11-21-12-61-47-38(63-21)56(105)73-58(59)72-47)2-7-30(82)68-34(43(93)39(89)26(78)13-74)52(101)64-22(8-31(83)84)49(98)69-35(44(94)40(90)27(79)14-75)53(102)65-23(9-32(85)86)50(99)70-36(45(95)41(91)28(80)15-76)54(103)66-24(10-33(87)88)51(100)71-37(46(96)42(92)29(81)16-77)55(104)67-25(17-108)57(106)107/h3-6,12,18,22-29,34-37,39-46,60,74-81,89-96,108H,2,7-11,13-17H2,1H3,(H,62,97)(H,64,101)(H,65,102)(H,66,103)(H,67,104)(H,68,82)(H,69,98)(H,70,99)(H,71,100)(H,83,84)(H,85,86)(H,87,88)(H,106,107)(H3,59,61,72,73,105)/t18-,22+,23?,24+,25+,26-,27-,28-,29-,34+,35+,36+,37+,39-,40-,41-,42-,43-,44-,45-,46-/m1/s1. The van der Waals surface area contributed by atoms with Gasteiger partial charge in [-0.15, -0.1) is 0 Å². The van der Waals surface area contributed by atoms with Gasteiger partial charge < -0.3 is 161 Å². The highest BCUT2D eigenvalue weighted by molar-refractivity contribution is 7.80. The SMILES string of the molecule is C[C@H](CCC(=O)N[C@H](C(=O)N[C@@H](CC(=O)O)C(=O)N[C@H](C(=O)NC(CC(=O)O)C(=O)N[C@H](C(=O)N[C@@H](CC(=O)O)C(=O)N[C@H](C(=O)N[C@@H](CS)C(=O)O)[C@@H](O)[C@H](O)[C@H](O)CO)[C@@H](O)[C@H](O)[C@H](O)CO)[C@@H](O)[C@H](O)[C@H](O)CO)[C@@H](O)[C@H](O)[C@H](O)CO)NC(=O)c1ccc(NCc2cnc3nc(N)[nH]c(=O)c3n2)cc1. The number of fused-ring (bicyclic) bond motifs is 1. The molecule has 1 unspecified atom stereocenters. The van der Waals surface area contributed by atoms with Crippen LogP contribution in [0.1, 0.15) is 55.1 Å². The number of nitrogens with two attached hydrogens (primary N) is 1. The van der Waals surface area contributed by atoms with Crippen LogP contribution in [0.5, 0.6) is 0 Å². The van der Waals surface area contributed by atoms with Gasteiger partial charge in [0.25, 0.3) is 11.5 Å². The van der Waals surface area contributed by atoms with Crippen LogP contribution in [0.4, 0.5) is 11.6 Å². The van der Waals surface area contributed by atoms with Gasteiger partial charge in [-0.3, -0.25) is 67.3 Å². The molecule has 0 aliphatic rings. The molecule has 602 valence electrons. The Kier molecular flexibility index (Phi) is 37.2. The van der Waals surface area contributed by atoms with Gasteiger partial charge in [-0.1, -0.05) is 0 Å². The zero-order valence-corrected chi connectivity index (χ0v) is 57.2. The molecule has 0 fully saturated rings. The van der Waals surface area contributed by atoms with Gasteiger partial charge in [-0.05, 0) is 37.6 Å². The average Bonchev–Trinajstić information content (AvgIpc) is 0.824. The monoisotopic (exact) mass is 1570 g/mol. The summed E-state index contributed by atoms with van der Waals surface area (Å²) in [6, 6.07) is -16.5. The van der Waals surface area contributed by atoms with Crippen molar-refractivity contribution in [2.75, 3.05) is 43.2 Å². The minimum absolute atomic E-state index is 0.00940. The zero-order chi connectivity index (χ0) is 81.9. The van der Waals surface area contributed by atoms with Crippen LogP contribution in [0.3, 0.4) is 0 Å². The molecule has 2 heterocycles. The fraction of sp³-hybridized carbons (Fsp3) is 0.569. The van der Waals surface area contributed by atoms with Crippen molar-refractivity contribution < 1.29 is 164 Å². The van der Waals surface area contributed by atoms with Gasteiger partial charge >= 0.3 is 23.9 Å². The topological polar surface area (TPSA) is 844 Å². The minimum atomic E-state index is -3.04. The Morgan fingerprint density at radius 3 is 1.16 bits per heavy atom. The number of nitrogen functional groups attached to an aromatic ring is 1. The summed E-state index contributed by atoms with van der Waals surface area (Å²) in [7, 11) is 0. The van der Waals surface area contributed by atoms with Crippen molar-refractivity contribution in [1.29, 1.82) is 0 Å². The number of aliphatic hydroxyl groups is 16. The summed E-state index contributed by atoms with van der Waals surface area (Å²) >= 11 is 3.73. The summed E-state index contributed by atoms with van der Waals surface area (Å²) in [5.41, 5.74) is 5.76. The molecule has 0 saturated carbocycles. The summed E-state index contributed by atoms with van der Waals surface area (Å²) < 4.78 is 0. The molecule has 0 spiro atoms. The van der Waals surface area contributed by atoms with Gasteiger partial charge in [-0.25, -0.2) is 14.8 Å². The van der Waals surface area contributed by atoms with E-state index in [1.807, 2.05) is 5.32 Å². The molecule has 33 N–H and O–H groups in total. The number of aromatic nitrogens is 4. The number of amides is 9. The number of aromatic amines is 1. The Balaban J connectivity index is 1.98. The lowest BCUT2D eigenvalue weighted by Crippen LogP contribution is -2.66. The van der Waals surface area contributed by atoms with E-state index in [9.17, 15) is 169 Å². The van der Waals surface area contributed by atoms with Crippen molar-refractivity contribution in [3.05, 3.63) is 52.1 Å². The summed E-state index contributed by atoms with van der Waals surface area (Å²) in [5, 5.41) is 224. The van der Waals surface area contributed by atoms with Crippen LogP contribution in [0.15, 0.2) is 35.3 Å². The fourth-order valence-corrected chi connectivity index (χ4v) is 9.71. The number of thiol groups is 1. The summed E-state index contributed by atoms with van der Waals surface area (Å²) in [4.78, 5) is 200. The van der Waals surface area contributed by atoms with Gasteiger partial charge in [0.2, 0.25) is 53.2 Å². The maximum absolute atomic E-state index is 14.3.